The second-order valence-corrected chi connectivity index (χ2v) is 4.41. The van der Waals surface area contributed by atoms with Crippen LogP contribution < -0.4 is 5.69 Å². The molecule has 1 heterocycles. The Labute approximate surface area is 105 Å². The van der Waals surface area contributed by atoms with Gasteiger partial charge < -0.3 is 10.1 Å². The van der Waals surface area contributed by atoms with Crippen molar-refractivity contribution in [2.24, 2.45) is 0 Å². The van der Waals surface area contributed by atoms with Gasteiger partial charge in [-0.05, 0) is 30.7 Å². The van der Waals surface area contributed by atoms with Gasteiger partial charge in [0.05, 0.1) is 5.69 Å². The van der Waals surface area contributed by atoms with Crippen LogP contribution in [0.1, 0.15) is 16.1 Å². The Kier molecular flexibility index (Phi) is 2.89. The minimum absolute atomic E-state index is 0.0864. The Bertz CT molecular complexity index is 642. The normalized spacial score (nSPS) is 10.5. The molecule has 0 fully saturated rings. The molecule has 6 heteroatoms. The number of benzene rings is 1. The zero-order valence-electron chi connectivity index (χ0n) is 8.90. The smallest absolute Gasteiger partial charge is 0.354 e. The van der Waals surface area contributed by atoms with Crippen molar-refractivity contribution >= 4 is 21.9 Å². The van der Waals surface area contributed by atoms with E-state index in [0.29, 0.717) is 5.69 Å². The molecule has 1 aromatic heterocycles. The second kappa shape index (κ2) is 4.21. The third kappa shape index (κ3) is 2.03. The minimum atomic E-state index is -1.15. The number of hydrogen-bond donors (Lipinski definition) is 2. The molecule has 0 aliphatic carbocycles. The Balaban J connectivity index is 2.68. The van der Waals surface area contributed by atoms with E-state index in [4.69, 9.17) is 5.11 Å². The van der Waals surface area contributed by atoms with Gasteiger partial charge in [-0.3, -0.25) is 4.57 Å². The molecule has 0 saturated heterocycles. The number of nitrogens with one attached hydrogen (secondary N) is 1. The lowest BCUT2D eigenvalue weighted by molar-refractivity contribution is 0.0688. The molecule has 2 rings (SSSR count). The van der Waals surface area contributed by atoms with E-state index in [2.05, 4.69) is 20.9 Å². The summed E-state index contributed by atoms with van der Waals surface area (Å²) in [5.74, 6) is -1.15. The molecular formula is C11H9BrN2O3. The highest BCUT2D eigenvalue weighted by atomic mass is 79.9. The van der Waals surface area contributed by atoms with Crippen LogP contribution >= 0.6 is 15.9 Å². The molecule has 0 unspecified atom stereocenters. The van der Waals surface area contributed by atoms with Gasteiger partial charge >= 0.3 is 11.7 Å². The number of aromatic amines is 1. The third-order valence-electron chi connectivity index (χ3n) is 2.40. The van der Waals surface area contributed by atoms with Gasteiger partial charge in [0, 0.05) is 10.7 Å². The van der Waals surface area contributed by atoms with E-state index in [-0.39, 0.29) is 5.69 Å². The Morgan fingerprint density at radius 3 is 2.76 bits per heavy atom. The molecule has 0 saturated carbocycles. The van der Waals surface area contributed by atoms with E-state index >= 15 is 0 Å². The van der Waals surface area contributed by atoms with E-state index < -0.39 is 11.7 Å². The molecule has 2 N–H and O–H groups in total. The van der Waals surface area contributed by atoms with Crippen molar-refractivity contribution in [2.45, 2.75) is 6.92 Å². The van der Waals surface area contributed by atoms with Crippen molar-refractivity contribution in [2.75, 3.05) is 0 Å². The quantitative estimate of drug-likeness (QED) is 0.889. The molecule has 0 spiro atoms. The van der Waals surface area contributed by atoms with Crippen LogP contribution in [0.5, 0.6) is 0 Å². The summed E-state index contributed by atoms with van der Waals surface area (Å²) in [6.07, 6.45) is 1.18. The molecule has 0 radical (unpaired) electrons. The third-order valence-corrected chi connectivity index (χ3v) is 3.28. The van der Waals surface area contributed by atoms with Gasteiger partial charge in [0.25, 0.3) is 0 Å². The van der Waals surface area contributed by atoms with Gasteiger partial charge in [-0.15, -0.1) is 0 Å². The van der Waals surface area contributed by atoms with Crippen molar-refractivity contribution in [3.8, 4) is 5.69 Å². The Hall–Kier alpha value is -1.82. The molecule has 88 valence electrons. The van der Waals surface area contributed by atoms with Gasteiger partial charge in [-0.25, -0.2) is 9.59 Å². The van der Waals surface area contributed by atoms with Gasteiger partial charge in [-0.1, -0.05) is 15.9 Å². The van der Waals surface area contributed by atoms with Crippen LogP contribution in [0, 0.1) is 6.92 Å². The summed E-state index contributed by atoms with van der Waals surface area (Å²) >= 11 is 3.35. The number of aryl methyl sites for hydroxylation is 1. The van der Waals surface area contributed by atoms with Crippen molar-refractivity contribution in [3.63, 3.8) is 0 Å². The second-order valence-electron chi connectivity index (χ2n) is 3.55. The first kappa shape index (κ1) is 11.7. The van der Waals surface area contributed by atoms with Crippen molar-refractivity contribution < 1.29 is 9.90 Å². The molecular weight excluding hydrogens is 288 g/mol. The highest BCUT2D eigenvalue weighted by molar-refractivity contribution is 9.10. The topological polar surface area (TPSA) is 75.1 Å². The maximum Gasteiger partial charge on any atom is 0.354 e. The molecule has 0 aliphatic heterocycles. The fraction of sp³-hybridized carbons (Fsp3) is 0.0909. The highest BCUT2D eigenvalue weighted by Crippen LogP contribution is 2.19. The molecule has 0 aliphatic rings. The zero-order chi connectivity index (χ0) is 12.6. The number of carboxylic acid groups (broad SMARTS) is 1. The van der Waals surface area contributed by atoms with E-state index in [1.807, 2.05) is 6.92 Å². The summed E-state index contributed by atoms with van der Waals surface area (Å²) in [5, 5.41) is 8.98. The Morgan fingerprint density at radius 2 is 2.18 bits per heavy atom. The minimum Gasteiger partial charge on any atom is -0.477 e. The molecule has 2 aromatic rings. The van der Waals surface area contributed by atoms with E-state index in [1.165, 1.54) is 6.20 Å². The fourth-order valence-electron chi connectivity index (χ4n) is 1.55. The molecule has 5 nitrogen and oxygen atoms in total. The van der Waals surface area contributed by atoms with Crippen LogP contribution in [0.3, 0.4) is 0 Å². The number of rotatable bonds is 2. The summed E-state index contributed by atoms with van der Waals surface area (Å²) in [7, 11) is 0. The number of aromatic carboxylic acids is 1. The number of halogens is 1. The van der Waals surface area contributed by atoms with Crippen LogP contribution in [0.25, 0.3) is 5.69 Å². The first-order chi connectivity index (χ1) is 8.00. The predicted molar refractivity (Wildman–Crippen MR) is 65.8 cm³/mol. The average molecular weight is 297 g/mol. The first-order valence-corrected chi connectivity index (χ1v) is 5.60. The maximum atomic E-state index is 11.6. The lowest BCUT2D eigenvalue weighted by atomic mass is 10.2. The van der Waals surface area contributed by atoms with Gasteiger partial charge in [0.15, 0.2) is 5.69 Å². The number of H-pyrrole nitrogens is 1. The molecule has 1 aromatic carbocycles. The van der Waals surface area contributed by atoms with Crippen molar-refractivity contribution in [1.82, 2.24) is 9.55 Å². The summed E-state index contributed by atoms with van der Waals surface area (Å²) in [6.45, 7) is 1.87. The van der Waals surface area contributed by atoms with Crippen LogP contribution in [0.15, 0.2) is 33.7 Å². The molecule has 0 atom stereocenters. The number of carbonyl (C=O) groups is 1. The van der Waals surface area contributed by atoms with Crippen LogP contribution in [0.2, 0.25) is 0 Å². The van der Waals surface area contributed by atoms with Crippen LogP contribution in [-0.2, 0) is 0 Å². The molecule has 0 amide bonds. The SMILES string of the molecule is Cc1cc(-n2c(C(=O)O)c[nH]c2=O)ccc1Br. The number of nitrogens with zero attached hydrogens (tertiary/aromatic N) is 1. The van der Waals surface area contributed by atoms with Gasteiger partial charge in [0.2, 0.25) is 0 Å². The van der Waals surface area contributed by atoms with Crippen molar-refractivity contribution in [1.29, 1.82) is 0 Å². The summed E-state index contributed by atoms with van der Waals surface area (Å²) in [5.41, 5.74) is 0.891. The highest BCUT2D eigenvalue weighted by Gasteiger charge is 2.14. The zero-order valence-corrected chi connectivity index (χ0v) is 10.5. The average Bonchev–Trinajstić information content (AvgIpc) is 2.64. The van der Waals surface area contributed by atoms with Crippen LogP contribution in [-0.4, -0.2) is 20.6 Å². The standard InChI is InChI=1S/C11H9BrN2O3/c1-6-4-7(2-3-8(6)12)14-9(10(15)16)5-13-11(14)17/h2-5H,1H3,(H,13,17)(H,15,16). The lowest BCUT2D eigenvalue weighted by Gasteiger charge is -2.06. The lowest BCUT2D eigenvalue weighted by Crippen LogP contribution is -2.19. The first-order valence-electron chi connectivity index (χ1n) is 4.81. The van der Waals surface area contributed by atoms with Gasteiger partial charge in [-0.2, -0.15) is 0 Å². The molecule has 17 heavy (non-hydrogen) atoms. The Morgan fingerprint density at radius 1 is 1.47 bits per heavy atom. The summed E-state index contributed by atoms with van der Waals surface area (Å²) in [6, 6.07) is 5.19. The van der Waals surface area contributed by atoms with Crippen molar-refractivity contribution in [3.05, 3.63) is 50.6 Å². The summed E-state index contributed by atoms with van der Waals surface area (Å²) < 4.78 is 2.03. The number of carboxylic acids is 1. The monoisotopic (exact) mass is 296 g/mol. The number of aromatic nitrogens is 2. The van der Waals surface area contributed by atoms with E-state index in [0.717, 1.165) is 14.6 Å². The number of hydrogen-bond acceptors (Lipinski definition) is 2. The van der Waals surface area contributed by atoms with E-state index in [9.17, 15) is 9.59 Å². The van der Waals surface area contributed by atoms with E-state index in [1.54, 1.807) is 18.2 Å². The summed E-state index contributed by atoms with van der Waals surface area (Å²) in [4.78, 5) is 24.9. The van der Waals surface area contributed by atoms with Gasteiger partial charge in [0.1, 0.15) is 0 Å². The number of imidazole rings is 1. The molecule has 0 bridgehead atoms. The maximum absolute atomic E-state index is 11.6. The van der Waals surface area contributed by atoms with Crippen LogP contribution in [0.4, 0.5) is 0 Å². The predicted octanol–water partition coefficient (Wildman–Crippen LogP) is 1.93. The largest absolute Gasteiger partial charge is 0.477 e. The fourth-order valence-corrected chi connectivity index (χ4v) is 1.80.